The molecule has 0 spiro atoms. The maximum atomic E-state index is 12.1. The topological polar surface area (TPSA) is 50.7 Å². The SMILES string of the molecule is CCCCCCCCCCCCC1CCCC/C1=N/OC(=O)Nc1ccccc1Cl. The van der Waals surface area contributed by atoms with Crippen LogP contribution in [-0.4, -0.2) is 11.8 Å². The molecule has 0 heterocycles. The first-order chi connectivity index (χ1) is 14.7. The monoisotopic (exact) mass is 434 g/mol. The quantitative estimate of drug-likeness (QED) is 0.191. The molecule has 1 saturated carbocycles. The number of hydrogen-bond donors (Lipinski definition) is 1. The number of nitrogens with zero attached hydrogens (tertiary/aromatic N) is 1. The van der Waals surface area contributed by atoms with Gasteiger partial charge in [0, 0.05) is 5.92 Å². The zero-order valence-corrected chi connectivity index (χ0v) is 19.4. The Bertz CT molecular complexity index is 648. The van der Waals surface area contributed by atoms with Crippen molar-refractivity contribution in [2.75, 3.05) is 5.32 Å². The van der Waals surface area contributed by atoms with Crippen LogP contribution >= 0.6 is 11.6 Å². The van der Waals surface area contributed by atoms with Crippen molar-refractivity contribution in [3.05, 3.63) is 29.3 Å². The highest BCUT2D eigenvalue weighted by atomic mass is 35.5. The molecule has 1 aliphatic rings. The predicted molar refractivity (Wildman–Crippen MR) is 127 cm³/mol. The van der Waals surface area contributed by atoms with Gasteiger partial charge >= 0.3 is 6.09 Å². The fourth-order valence-corrected chi connectivity index (χ4v) is 4.36. The number of oxime groups is 1. The zero-order valence-electron chi connectivity index (χ0n) is 18.6. The zero-order chi connectivity index (χ0) is 21.4. The Balaban J connectivity index is 1.64. The lowest BCUT2D eigenvalue weighted by Crippen LogP contribution is -2.21. The molecule has 0 saturated heterocycles. The normalized spacial score (nSPS) is 17.8. The van der Waals surface area contributed by atoms with Crippen LogP contribution in [0.25, 0.3) is 0 Å². The van der Waals surface area contributed by atoms with Gasteiger partial charge in [-0.25, -0.2) is 4.79 Å². The van der Waals surface area contributed by atoms with E-state index >= 15 is 0 Å². The highest BCUT2D eigenvalue weighted by Gasteiger charge is 2.21. The second-order valence-electron chi connectivity index (χ2n) is 8.48. The summed E-state index contributed by atoms with van der Waals surface area (Å²) in [6.07, 6.45) is 18.6. The number of carbonyl (C=O) groups is 1. The average Bonchev–Trinajstić information content (AvgIpc) is 2.76. The van der Waals surface area contributed by atoms with Gasteiger partial charge in [-0.1, -0.05) is 106 Å². The number of halogens is 1. The van der Waals surface area contributed by atoms with E-state index in [2.05, 4.69) is 17.4 Å². The molecule has 0 aliphatic heterocycles. The summed E-state index contributed by atoms with van der Waals surface area (Å²) < 4.78 is 0. The van der Waals surface area contributed by atoms with E-state index in [4.69, 9.17) is 16.4 Å². The number of rotatable bonds is 13. The smallest absolute Gasteiger partial charge is 0.298 e. The number of hydrogen-bond acceptors (Lipinski definition) is 3. The van der Waals surface area contributed by atoms with Gasteiger partial charge in [-0.2, -0.15) is 0 Å². The van der Waals surface area contributed by atoms with Crippen molar-refractivity contribution in [2.24, 2.45) is 11.1 Å². The van der Waals surface area contributed by atoms with E-state index < -0.39 is 6.09 Å². The minimum Gasteiger partial charge on any atom is -0.298 e. The van der Waals surface area contributed by atoms with E-state index in [0.717, 1.165) is 31.4 Å². The molecule has 1 aromatic rings. The number of unbranched alkanes of at least 4 members (excludes halogenated alkanes) is 9. The van der Waals surface area contributed by atoms with E-state index in [-0.39, 0.29) is 0 Å². The van der Waals surface area contributed by atoms with Crippen molar-refractivity contribution in [3.63, 3.8) is 0 Å². The standard InChI is InChI=1S/C25H39ClN2O2/c1-2-3-4-5-6-7-8-9-10-11-16-21-17-12-14-19-23(21)28-30-25(29)27-24-20-15-13-18-22(24)26/h13,15,18,20-21H,2-12,14,16-17,19H2,1H3,(H,27,29)/b28-23-. The summed E-state index contributed by atoms with van der Waals surface area (Å²) in [5.41, 5.74) is 1.58. The van der Waals surface area contributed by atoms with E-state index in [1.54, 1.807) is 12.1 Å². The minimum atomic E-state index is -0.584. The number of para-hydroxylation sites is 1. The lowest BCUT2D eigenvalue weighted by Gasteiger charge is -2.23. The van der Waals surface area contributed by atoms with Gasteiger partial charge in [0.2, 0.25) is 0 Å². The van der Waals surface area contributed by atoms with Crippen molar-refractivity contribution >= 4 is 29.1 Å². The first-order valence-electron chi connectivity index (χ1n) is 12.0. The molecule has 0 radical (unpaired) electrons. The Morgan fingerprint density at radius 2 is 1.70 bits per heavy atom. The molecular weight excluding hydrogens is 396 g/mol. The molecule has 1 atom stereocenters. The third-order valence-electron chi connectivity index (χ3n) is 5.97. The van der Waals surface area contributed by atoms with Crippen molar-refractivity contribution in [3.8, 4) is 0 Å². The molecule has 4 nitrogen and oxygen atoms in total. The van der Waals surface area contributed by atoms with E-state index in [0.29, 0.717) is 16.6 Å². The van der Waals surface area contributed by atoms with Crippen LogP contribution in [0.4, 0.5) is 10.5 Å². The lowest BCUT2D eigenvalue weighted by molar-refractivity contribution is 0.164. The molecule has 0 bridgehead atoms. The van der Waals surface area contributed by atoms with E-state index in [1.165, 1.54) is 70.6 Å². The van der Waals surface area contributed by atoms with Gasteiger partial charge in [-0.15, -0.1) is 0 Å². The average molecular weight is 435 g/mol. The minimum absolute atomic E-state index is 0.459. The highest BCUT2D eigenvalue weighted by Crippen LogP contribution is 2.27. The van der Waals surface area contributed by atoms with Crippen molar-refractivity contribution < 1.29 is 9.63 Å². The number of amides is 1. The summed E-state index contributed by atoms with van der Waals surface area (Å²) >= 11 is 6.07. The van der Waals surface area contributed by atoms with Gasteiger partial charge in [0.15, 0.2) is 0 Å². The van der Waals surface area contributed by atoms with Crippen LogP contribution in [0.5, 0.6) is 0 Å². The van der Waals surface area contributed by atoms with Crippen LogP contribution in [-0.2, 0) is 4.84 Å². The van der Waals surface area contributed by atoms with Gasteiger partial charge in [0.05, 0.1) is 16.4 Å². The summed E-state index contributed by atoms with van der Waals surface area (Å²) in [5, 5.41) is 7.35. The van der Waals surface area contributed by atoms with Gasteiger partial charge in [0.1, 0.15) is 0 Å². The Labute approximate surface area is 187 Å². The predicted octanol–water partition coefficient (Wildman–Crippen LogP) is 8.75. The summed E-state index contributed by atoms with van der Waals surface area (Å²) in [7, 11) is 0. The molecule has 1 aliphatic carbocycles. The van der Waals surface area contributed by atoms with Crippen molar-refractivity contribution in [2.45, 2.75) is 103 Å². The maximum absolute atomic E-state index is 12.1. The van der Waals surface area contributed by atoms with Gasteiger partial charge in [-0.3, -0.25) is 10.2 Å². The third-order valence-corrected chi connectivity index (χ3v) is 6.30. The van der Waals surface area contributed by atoms with Crippen LogP contribution in [0.3, 0.4) is 0 Å². The second kappa shape index (κ2) is 15.3. The maximum Gasteiger partial charge on any atom is 0.437 e. The molecule has 5 heteroatoms. The molecule has 0 aromatic heterocycles. The van der Waals surface area contributed by atoms with Crippen LogP contribution in [0, 0.1) is 5.92 Å². The number of carbonyl (C=O) groups excluding carboxylic acids is 1. The van der Waals surface area contributed by atoms with Crippen molar-refractivity contribution in [1.82, 2.24) is 0 Å². The molecule has 2 rings (SSSR count). The fourth-order valence-electron chi connectivity index (χ4n) is 4.17. The van der Waals surface area contributed by atoms with Crippen LogP contribution in [0.2, 0.25) is 5.02 Å². The third kappa shape index (κ3) is 9.97. The van der Waals surface area contributed by atoms with Crippen molar-refractivity contribution in [1.29, 1.82) is 0 Å². The largest absolute Gasteiger partial charge is 0.437 e. The number of benzene rings is 1. The Hall–Kier alpha value is -1.55. The Kier molecular flexibility index (Phi) is 12.6. The molecule has 1 unspecified atom stereocenters. The highest BCUT2D eigenvalue weighted by molar-refractivity contribution is 6.33. The second-order valence-corrected chi connectivity index (χ2v) is 8.89. The number of anilines is 1. The van der Waals surface area contributed by atoms with Gasteiger partial charge in [0.25, 0.3) is 0 Å². The number of nitrogens with one attached hydrogen (secondary N) is 1. The molecule has 1 fully saturated rings. The summed E-state index contributed by atoms with van der Waals surface area (Å²) in [6.45, 7) is 2.27. The van der Waals surface area contributed by atoms with Gasteiger partial charge < -0.3 is 0 Å². The van der Waals surface area contributed by atoms with E-state index in [1.807, 2.05) is 12.1 Å². The first kappa shape index (κ1) is 24.7. The van der Waals surface area contributed by atoms with Crippen LogP contribution in [0.1, 0.15) is 103 Å². The molecule has 1 N–H and O–H groups in total. The van der Waals surface area contributed by atoms with Crippen LogP contribution in [0.15, 0.2) is 29.4 Å². The van der Waals surface area contributed by atoms with Gasteiger partial charge in [-0.05, 0) is 37.8 Å². The molecule has 30 heavy (non-hydrogen) atoms. The summed E-state index contributed by atoms with van der Waals surface area (Å²) in [4.78, 5) is 17.2. The van der Waals surface area contributed by atoms with E-state index in [9.17, 15) is 4.79 Å². The molecule has 168 valence electrons. The molecular formula is C25H39ClN2O2. The fraction of sp³-hybridized carbons (Fsp3) is 0.680. The lowest BCUT2D eigenvalue weighted by atomic mass is 9.84. The molecule has 1 amide bonds. The Morgan fingerprint density at radius 3 is 2.40 bits per heavy atom. The summed E-state index contributed by atoms with van der Waals surface area (Å²) in [6, 6.07) is 7.11. The van der Waals surface area contributed by atoms with Crippen LogP contribution < -0.4 is 5.32 Å². The first-order valence-corrected chi connectivity index (χ1v) is 12.4. The summed E-state index contributed by atoms with van der Waals surface area (Å²) in [5.74, 6) is 0.459. The molecule has 1 aromatic carbocycles. The Morgan fingerprint density at radius 1 is 1.03 bits per heavy atom.